The monoisotopic (exact) mass is 390 g/mol. The molecule has 148 valence electrons. The molecule has 5 aliphatic rings. The molecule has 5 nitrogen and oxygen atoms in total. The van der Waals surface area contributed by atoms with Gasteiger partial charge in [0.2, 0.25) is 11.8 Å². The average molecular weight is 390 g/mol. The molecule has 1 aliphatic heterocycles. The third kappa shape index (κ3) is 2.40. The highest BCUT2D eigenvalue weighted by molar-refractivity contribution is 5.56. The third-order valence-corrected chi connectivity index (χ3v) is 7.71. The van der Waals surface area contributed by atoms with Crippen molar-refractivity contribution in [2.75, 3.05) is 0 Å². The molecule has 1 aromatic carbocycles. The lowest BCUT2D eigenvalue weighted by atomic mass is 9.48. The van der Waals surface area contributed by atoms with E-state index in [4.69, 9.17) is 10.5 Å². The number of ether oxygens (including phenoxy) is 1. The normalized spacial score (nSPS) is 34.6. The maximum Gasteiger partial charge on any atom is 0.244 e. The van der Waals surface area contributed by atoms with Crippen molar-refractivity contribution in [3.05, 3.63) is 58.4 Å². The summed E-state index contributed by atoms with van der Waals surface area (Å²) in [6, 6.07) is 8.57. The van der Waals surface area contributed by atoms with Crippen molar-refractivity contribution in [2.24, 2.45) is 23.5 Å². The molecule has 3 N–H and O–H groups in total. The number of fused-ring (bicyclic) bond motifs is 1. The molecule has 29 heavy (non-hydrogen) atoms. The van der Waals surface area contributed by atoms with Gasteiger partial charge in [-0.1, -0.05) is 12.1 Å². The van der Waals surface area contributed by atoms with Gasteiger partial charge in [0.15, 0.2) is 0 Å². The van der Waals surface area contributed by atoms with E-state index in [2.05, 4.69) is 16.3 Å². The fourth-order valence-electron chi connectivity index (χ4n) is 7.05. The summed E-state index contributed by atoms with van der Waals surface area (Å²) in [5.74, 6) is 2.20. The number of nitrogens with zero attached hydrogens (tertiary/aromatic N) is 2. The Morgan fingerprint density at radius 1 is 1.10 bits per heavy atom. The molecular formula is C23H23FN4O. The van der Waals surface area contributed by atoms with Crippen LogP contribution in [0.25, 0.3) is 0 Å². The summed E-state index contributed by atoms with van der Waals surface area (Å²) in [4.78, 5) is 0. The Labute approximate surface area is 168 Å². The van der Waals surface area contributed by atoms with Crippen LogP contribution in [0.3, 0.4) is 0 Å². The first kappa shape index (κ1) is 17.1. The summed E-state index contributed by atoms with van der Waals surface area (Å²) in [5.41, 5.74) is 9.40. The first-order valence-corrected chi connectivity index (χ1v) is 10.5. The lowest BCUT2D eigenvalue weighted by Crippen LogP contribution is -2.49. The number of nitriles is 1. The number of hydrogen-bond acceptors (Lipinski definition) is 4. The van der Waals surface area contributed by atoms with E-state index in [-0.39, 0.29) is 23.0 Å². The van der Waals surface area contributed by atoms with Gasteiger partial charge in [-0.25, -0.2) is 4.39 Å². The Balaban J connectivity index is 1.53. The summed E-state index contributed by atoms with van der Waals surface area (Å²) in [6.07, 6.45) is 7.57. The molecule has 0 spiro atoms. The summed E-state index contributed by atoms with van der Waals surface area (Å²) in [6.45, 7) is 0. The molecule has 0 amide bonds. The number of allylic oxidation sites excluding steroid dienone is 1. The highest BCUT2D eigenvalue weighted by atomic mass is 19.1. The molecule has 0 radical (unpaired) electrons. The molecule has 2 aromatic rings. The fourth-order valence-corrected chi connectivity index (χ4v) is 7.05. The number of halogens is 1. The lowest BCUT2D eigenvalue weighted by Gasteiger charge is -2.56. The van der Waals surface area contributed by atoms with E-state index in [0.29, 0.717) is 11.5 Å². The van der Waals surface area contributed by atoms with E-state index in [1.807, 2.05) is 0 Å². The van der Waals surface area contributed by atoms with Crippen LogP contribution in [-0.2, 0) is 5.41 Å². The van der Waals surface area contributed by atoms with Crippen LogP contribution in [-0.4, -0.2) is 10.2 Å². The Bertz CT molecular complexity index is 1030. The second-order valence-electron chi connectivity index (χ2n) is 9.49. The van der Waals surface area contributed by atoms with Crippen LogP contribution in [0.1, 0.15) is 61.3 Å². The first-order valence-electron chi connectivity index (χ1n) is 10.5. The highest BCUT2D eigenvalue weighted by Crippen LogP contribution is 2.62. The van der Waals surface area contributed by atoms with Crippen molar-refractivity contribution in [1.29, 1.82) is 5.26 Å². The molecule has 4 aliphatic carbocycles. The zero-order valence-corrected chi connectivity index (χ0v) is 16.1. The summed E-state index contributed by atoms with van der Waals surface area (Å²) >= 11 is 0. The molecule has 4 saturated carbocycles. The number of hydrogen-bond donors (Lipinski definition) is 2. The Hall–Kier alpha value is -2.81. The minimum absolute atomic E-state index is 0.0731. The maximum atomic E-state index is 13.6. The van der Waals surface area contributed by atoms with Crippen LogP contribution in [0.15, 0.2) is 35.7 Å². The second-order valence-corrected chi connectivity index (χ2v) is 9.49. The summed E-state index contributed by atoms with van der Waals surface area (Å²) in [5, 5.41) is 17.7. The smallest absolute Gasteiger partial charge is 0.244 e. The first-order chi connectivity index (χ1) is 14.1. The predicted octanol–water partition coefficient (Wildman–Crippen LogP) is 4.23. The van der Waals surface area contributed by atoms with Crippen LogP contribution < -0.4 is 10.5 Å². The van der Waals surface area contributed by atoms with Crippen molar-refractivity contribution in [3.8, 4) is 11.9 Å². The van der Waals surface area contributed by atoms with Crippen molar-refractivity contribution in [2.45, 2.75) is 49.9 Å². The number of aromatic amines is 1. The average Bonchev–Trinajstić information content (AvgIpc) is 3.11. The van der Waals surface area contributed by atoms with Crippen LogP contribution in [0.5, 0.6) is 5.88 Å². The molecule has 7 rings (SSSR count). The number of nitrogens with one attached hydrogen (secondary N) is 1. The molecule has 0 unspecified atom stereocenters. The second kappa shape index (κ2) is 5.85. The van der Waals surface area contributed by atoms with E-state index in [0.717, 1.165) is 34.6 Å². The number of aromatic nitrogens is 2. The molecule has 1 aromatic heterocycles. The van der Waals surface area contributed by atoms with Gasteiger partial charge in [0.1, 0.15) is 17.5 Å². The van der Waals surface area contributed by atoms with Crippen molar-refractivity contribution >= 4 is 0 Å². The van der Waals surface area contributed by atoms with E-state index >= 15 is 0 Å². The van der Waals surface area contributed by atoms with Gasteiger partial charge in [0, 0.05) is 11.1 Å². The molecule has 2 heterocycles. The molecule has 4 bridgehead atoms. The fraction of sp³-hybridized carbons (Fsp3) is 0.478. The van der Waals surface area contributed by atoms with Gasteiger partial charge in [-0.3, -0.25) is 5.10 Å². The van der Waals surface area contributed by atoms with Crippen molar-refractivity contribution in [3.63, 3.8) is 0 Å². The standard InChI is InChI=1S/C23H23FN4O/c24-16-3-1-15(2-4-16)18-17(11-25)21(26)29-22-19(18)20(27-28-22)23-8-12-5-13(9-23)7-14(6-12)10-23/h1-4,12-14,18H,5-10,26H2,(H,27,28)/t12?,13?,14?,18-,23?/m0/s1. The Morgan fingerprint density at radius 2 is 1.72 bits per heavy atom. The van der Waals surface area contributed by atoms with Gasteiger partial charge in [-0.15, -0.1) is 5.10 Å². The quantitative estimate of drug-likeness (QED) is 0.803. The van der Waals surface area contributed by atoms with Crippen LogP contribution in [0.4, 0.5) is 4.39 Å². The van der Waals surface area contributed by atoms with Crippen molar-refractivity contribution in [1.82, 2.24) is 10.2 Å². The number of rotatable bonds is 2. The van der Waals surface area contributed by atoms with Crippen LogP contribution >= 0.6 is 0 Å². The molecule has 4 fully saturated rings. The molecule has 1 atom stereocenters. The van der Waals surface area contributed by atoms with E-state index in [1.54, 1.807) is 12.1 Å². The minimum atomic E-state index is -0.383. The van der Waals surface area contributed by atoms with Crippen LogP contribution in [0, 0.1) is 34.9 Å². The summed E-state index contributed by atoms with van der Waals surface area (Å²) < 4.78 is 19.4. The van der Waals surface area contributed by atoms with Gasteiger partial charge < -0.3 is 10.5 Å². The van der Waals surface area contributed by atoms with Gasteiger partial charge in [-0.2, -0.15) is 5.26 Å². The van der Waals surface area contributed by atoms with Gasteiger partial charge in [0.25, 0.3) is 0 Å². The topological polar surface area (TPSA) is 87.7 Å². The van der Waals surface area contributed by atoms with E-state index in [1.165, 1.54) is 50.7 Å². The highest BCUT2D eigenvalue weighted by Gasteiger charge is 2.54. The van der Waals surface area contributed by atoms with Crippen molar-refractivity contribution < 1.29 is 9.13 Å². The number of benzene rings is 1. The summed E-state index contributed by atoms with van der Waals surface area (Å²) in [7, 11) is 0. The lowest BCUT2D eigenvalue weighted by molar-refractivity contribution is -0.00768. The minimum Gasteiger partial charge on any atom is -0.420 e. The number of H-pyrrole nitrogens is 1. The third-order valence-electron chi connectivity index (χ3n) is 7.71. The van der Waals surface area contributed by atoms with E-state index < -0.39 is 0 Å². The predicted molar refractivity (Wildman–Crippen MR) is 104 cm³/mol. The molecular weight excluding hydrogens is 367 g/mol. The largest absolute Gasteiger partial charge is 0.420 e. The van der Waals surface area contributed by atoms with Gasteiger partial charge in [-0.05, 0) is 74.0 Å². The van der Waals surface area contributed by atoms with Gasteiger partial charge >= 0.3 is 0 Å². The number of nitrogens with two attached hydrogens (primary N) is 1. The molecule has 6 heteroatoms. The maximum absolute atomic E-state index is 13.6. The Morgan fingerprint density at radius 3 is 2.31 bits per heavy atom. The molecule has 0 saturated heterocycles. The SMILES string of the molecule is N#CC1=C(N)Oc2n[nH]c(C34CC5CC(CC(C5)C3)C4)c2[C@H]1c1ccc(F)cc1. The van der Waals surface area contributed by atoms with Gasteiger partial charge in [0.05, 0.1) is 11.5 Å². The zero-order valence-electron chi connectivity index (χ0n) is 16.1. The van der Waals surface area contributed by atoms with E-state index in [9.17, 15) is 9.65 Å². The Kier molecular flexibility index (Phi) is 3.45. The zero-order chi connectivity index (χ0) is 19.8. The van der Waals surface area contributed by atoms with Crippen LogP contribution in [0.2, 0.25) is 0 Å².